The standard InChI is InChI=1S/C24H33NO.ClH/c1-19-14-15-24(26)23(18-19)22(20-10-6-5-7-11-20)16-17-25(2)21-12-8-3-4-9-13-21;/h5-7,10-11,14-15,18,21-22,26H,3-4,8-9,12-13,16-17H2,1-2H3;1H. The zero-order valence-corrected chi connectivity index (χ0v) is 17.5. The molecule has 1 aliphatic rings. The number of rotatable bonds is 6. The number of phenols is 1. The SMILES string of the molecule is Cc1ccc(O)c(C(CCN(C)C2CCCCCC2)c2ccccc2)c1.Cl. The molecule has 1 fully saturated rings. The van der Waals surface area contributed by atoms with Crippen molar-refractivity contribution in [2.45, 2.75) is 63.8 Å². The fourth-order valence-electron chi connectivity index (χ4n) is 4.35. The van der Waals surface area contributed by atoms with Gasteiger partial charge in [-0.05, 0) is 51.4 Å². The lowest BCUT2D eigenvalue weighted by Gasteiger charge is -2.29. The maximum Gasteiger partial charge on any atom is 0.119 e. The Hall–Kier alpha value is -1.51. The summed E-state index contributed by atoms with van der Waals surface area (Å²) in [7, 11) is 2.29. The summed E-state index contributed by atoms with van der Waals surface area (Å²) in [6, 6.07) is 17.4. The zero-order valence-electron chi connectivity index (χ0n) is 16.7. The van der Waals surface area contributed by atoms with Crippen LogP contribution in [0.3, 0.4) is 0 Å². The van der Waals surface area contributed by atoms with Crippen LogP contribution < -0.4 is 0 Å². The van der Waals surface area contributed by atoms with Crippen molar-refractivity contribution >= 4 is 12.4 Å². The highest BCUT2D eigenvalue weighted by atomic mass is 35.5. The molecule has 0 bridgehead atoms. The minimum absolute atomic E-state index is 0. The fourth-order valence-corrected chi connectivity index (χ4v) is 4.35. The summed E-state index contributed by atoms with van der Waals surface area (Å²) in [4.78, 5) is 2.56. The quantitative estimate of drug-likeness (QED) is 0.588. The van der Waals surface area contributed by atoms with E-state index in [2.05, 4.69) is 55.3 Å². The second kappa shape index (κ2) is 10.7. The van der Waals surface area contributed by atoms with Gasteiger partial charge in [-0.3, -0.25) is 0 Å². The van der Waals surface area contributed by atoms with Crippen molar-refractivity contribution in [2.24, 2.45) is 0 Å². The number of halogens is 1. The molecule has 1 unspecified atom stereocenters. The molecule has 0 spiro atoms. The monoisotopic (exact) mass is 387 g/mol. The van der Waals surface area contributed by atoms with Crippen LogP contribution in [-0.2, 0) is 0 Å². The number of hydrogen-bond donors (Lipinski definition) is 1. The molecule has 0 amide bonds. The molecule has 2 aromatic rings. The molecule has 3 heteroatoms. The highest BCUT2D eigenvalue weighted by molar-refractivity contribution is 5.85. The van der Waals surface area contributed by atoms with E-state index in [4.69, 9.17) is 0 Å². The van der Waals surface area contributed by atoms with Crippen LogP contribution in [0.1, 0.15) is 67.6 Å². The summed E-state index contributed by atoms with van der Waals surface area (Å²) in [6.07, 6.45) is 9.24. The van der Waals surface area contributed by atoms with E-state index in [1.807, 2.05) is 12.1 Å². The van der Waals surface area contributed by atoms with Gasteiger partial charge in [0.15, 0.2) is 0 Å². The molecule has 1 aliphatic carbocycles. The van der Waals surface area contributed by atoms with Gasteiger partial charge in [0.25, 0.3) is 0 Å². The summed E-state index contributed by atoms with van der Waals surface area (Å²) >= 11 is 0. The molecule has 1 atom stereocenters. The van der Waals surface area contributed by atoms with E-state index < -0.39 is 0 Å². The Morgan fingerprint density at radius 3 is 2.33 bits per heavy atom. The Bertz CT molecular complexity index is 680. The van der Waals surface area contributed by atoms with Crippen LogP contribution in [0, 0.1) is 6.92 Å². The zero-order chi connectivity index (χ0) is 18.4. The van der Waals surface area contributed by atoms with E-state index in [0.717, 1.165) is 24.6 Å². The fraction of sp³-hybridized carbons (Fsp3) is 0.500. The first-order valence-corrected chi connectivity index (χ1v) is 10.2. The Labute approximate surface area is 171 Å². The molecular weight excluding hydrogens is 354 g/mol. The Balaban J connectivity index is 0.00000261. The summed E-state index contributed by atoms with van der Waals surface area (Å²) in [5, 5.41) is 10.5. The van der Waals surface area contributed by atoms with Crippen LogP contribution in [0.25, 0.3) is 0 Å². The van der Waals surface area contributed by atoms with E-state index in [9.17, 15) is 5.11 Å². The first-order chi connectivity index (χ1) is 12.6. The van der Waals surface area contributed by atoms with Crippen molar-refractivity contribution in [2.75, 3.05) is 13.6 Å². The molecule has 0 heterocycles. The van der Waals surface area contributed by atoms with Crippen molar-refractivity contribution in [3.8, 4) is 5.75 Å². The Morgan fingerprint density at radius 1 is 1.00 bits per heavy atom. The van der Waals surface area contributed by atoms with Gasteiger partial charge in [-0.15, -0.1) is 12.4 Å². The molecule has 3 rings (SSSR count). The molecular formula is C24H34ClNO. The van der Waals surface area contributed by atoms with E-state index in [0.29, 0.717) is 5.75 Å². The van der Waals surface area contributed by atoms with Gasteiger partial charge in [0.2, 0.25) is 0 Å². The summed E-state index contributed by atoms with van der Waals surface area (Å²) < 4.78 is 0. The molecule has 1 saturated carbocycles. The predicted octanol–water partition coefficient (Wildman–Crippen LogP) is 6.30. The van der Waals surface area contributed by atoms with E-state index in [1.54, 1.807) is 0 Å². The highest BCUT2D eigenvalue weighted by Crippen LogP contribution is 2.35. The predicted molar refractivity (Wildman–Crippen MR) is 117 cm³/mol. The van der Waals surface area contributed by atoms with Crippen LogP contribution in [-0.4, -0.2) is 29.6 Å². The first-order valence-electron chi connectivity index (χ1n) is 10.2. The Kier molecular flexibility index (Phi) is 8.66. The second-order valence-electron chi connectivity index (χ2n) is 7.94. The van der Waals surface area contributed by atoms with Crippen molar-refractivity contribution in [3.63, 3.8) is 0 Å². The number of aromatic hydroxyl groups is 1. The minimum atomic E-state index is 0. The largest absolute Gasteiger partial charge is 0.508 e. The van der Waals surface area contributed by atoms with Gasteiger partial charge in [-0.2, -0.15) is 0 Å². The molecule has 0 saturated heterocycles. The van der Waals surface area contributed by atoms with Gasteiger partial charge >= 0.3 is 0 Å². The van der Waals surface area contributed by atoms with Gasteiger partial charge in [-0.25, -0.2) is 0 Å². The highest BCUT2D eigenvalue weighted by Gasteiger charge is 2.21. The number of nitrogens with zero attached hydrogens (tertiary/aromatic N) is 1. The maximum absolute atomic E-state index is 10.5. The molecule has 1 N–H and O–H groups in total. The smallest absolute Gasteiger partial charge is 0.119 e. The van der Waals surface area contributed by atoms with Crippen LogP contribution in [0.4, 0.5) is 0 Å². The third-order valence-electron chi connectivity index (χ3n) is 5.98. The van der Waals surface area contributed by atoms with Crippen LogP contribution in [0.2, 0.25) is 0 Å². The molecule has 0 aliphatic heterocycles. The lowest BCUT2D eigenvalue weighted by atomic mass is 9.87. The molecule has 2 nitrogen and oxygen atoms in total. The first kappa shape index (κ1) is 21.8. The Morgan fingerprint density at radius 2 is 1.67 bits per heavy atom. The van der Waals surface area contributed by atoms with Crippen molar-refractivity contribution in [1.29, 1.82) is 0 Å². The molecule has 2 aromatic carbocycles. The molecule has 27 heavy (non-hydrogen) atoms. The van der Waals surface area contributed by atoms with Crippen LogP contribution in [0.15, 0.2) is 48.5 Å². The van der Waals surface area contributed by atoms with Crippen molar-refractivity contribution < 1.29 is 5.11 Å². The van der Waals surface area contributed by atoms with Crippen LogP contribution >= 0.6 is 12.4 Å². The van der Waals surface area contributed by atoms with Gasteiger partial charge in [-0.1, -0.05) is 73.7 Å². The third kappa shape index (κ3) is 5.99. The normalized spacial score (nSPS) is 16.6. The minimum Gasteiger partial charge on any atom is -0.508 e. The average Bonchev–Trinajstić information content (AvgIpc) is 2.95. The number of phenolic OH excluding ortho intramolecular Hbond substituents is 1. The topological polar surface area (TPSA) is 23.5 Å². The summed E-state index contributed by atoms with van der Waals surface area (Å²) in [5.41, 5.74) is 3.56. The molecule has 0 aromatic heterocycles. The lowest BCUT2D eigenvalue weighted by molar-refractivity contribution is 0.215. The average molecular weight is 388 g/mol. The van der Waals surface area contributed by atoms with Gasteiger partial charge in [0.05, 0.1) is 0 Å². The molecule has 148 valence electrons. The summed E-state index contributed by atoms with van der Waals surface area (Å²) in [5.74, 6) is 0.658. The number of hydrogen-bond acceptors (Lipinski definition) is 2. The van der Waals surface area contributed by atoms with E-state index in [1.165, 1.54) is 49.7 Å². The van der Waals surface area contributed by atoms with Gasteiger partial charge < -0.3 is 10.0 Å². The van der Waals surface area contributed by atoms with E-state index in [-0.39, 0.29) is 18.3 Å². The second-order valence-corrected chi connectivity index (χ2v) is 7.94. The van der Waals surface area contributed by atoms with Crippen LogP contribution in [0.5, 0.6) is 5.75 Å². The van der Waals surface area contributed by atoms with Gasteiger partial charge in [0.1, 0.15) is 5.75 Å². The van der Waals surface area contributed by atoms with Crippen molar-refractivity contribution in [1.82, 2.24) is 4.90 Å². The number of aryl methyl sites for hydroxylation is 1. The maximum atomic E-state index is 10.5. The third-order valence-corrected chi connectivity index (χ3v) is 5.98. The van der Waals surface area contributed by atoms with Gasteiger partial charge in [0, 0.05) is 17.5 Å². The van der Waals surface area contributed by atoms with Crippen molar-refractivity contribution in [3.05, 3.63) is 65.2 Å². The van der Waals surface area contributed by atoms with E-state index >= 15 is 0 Å². The lowest BCUT2D eigenvalue weighted by Crippen LogP contribution is -2.32. The molecule has 0 radical (unpaired) electrons. The number of benzene rings is 2. The summed E-state index contributed by atoms with van der Waals surface area (Å²) in [6.45, 7) is 3.17.